The van der Waals surface area contributed by atoms with Gasteiger partial charge >= 0.3 is 5.97 Å². The van der Waals surface area contributed by atoms with E-state index in [4.69, 9.17) is 4.74 Å². The number of nitriles is 1. The number of esters is 1. The van der Waals surface area contributed by atoms with Crippen LogP contribution in [0.2, 0.25) is 0 Å². The van der Waals surface area contributed by atoms with Crippen LogP contribution in [0, 0.1) is 17.2 Å². The van der Waals surface area contributed by atoms with Gasteiger partial charge < -0.3 is 15.0 Å². The Labute approximate surface area is 156 Å². The number of rotatable bonds is 6. The molecule has 26 heavy (non-hydrogen) atoms. The molecule has 0 aliphatic carbocycles. The maximum atomic E-state index is 12.5. The molecule has 1 aromatic rings. The van der Waals surface area contributed by atoms with Crippen LogP contribution in [0.3, 0.4) is 0 Å². The molecule has 0 aromatic carbocycles. The highest BCUT2D eigenvalue weighted by molar-refractivity contribution is 7.12. The van der Waals surface area contributed by atoms with Gasteiger partial charge in [-0.25, -0.2) is 4.79 Å². The van der Waals surface area contributed by atoms with E-state index in [1.54, 1.807) is 19.1 Å². The van der Waals surface area contributed by atoms with Crippen molar-refractivity contribution in [2.45, 2.75) is 45.2 Å². The van der Waals surface area contributed by atoms with Crippen molar-refractivity contribution in [3.05, 3.63) is 22.4 Å². The second-order valence-corrected chi connectivity index (χ2v) is 7.71. The normalized spacial score (nSPS) is 18.9. The fraction of sp³-hybridized carbons (Fsp3) is 0.556. The summed E-state index contributed by atoms with van der Waals surface area (Å²) in [5.74, 6) is -1.42. The SMILES string of the molecule is CC(C)[C@@](C)(C#N)NC(=O)COC(=O)[C@@H]1CCCN1C(=O)c1cccs1. The van der Waals surface area contributed by atoms with Gasteiger partial charge in [0.15, 0.2) is 6.61 Å². The smallest absolute Gasteiger partial charge is 0.329 e. The molecule has 0 radical (unpaired) electrons. The molecule has 2 atom stereocenters. The number of carbonyl (C=O) groups is 3. The van der Waals surface area contributed by atoms with Crippen LogP contribution in [0.15, 0.2) is 17.5 Å². The number of likely N-dealkylation sites (tertiary alicyclic amines) is 1. The number of nitrogens with zero attached hydrogens (tertiary/aromatic N) is 2. The molecule has 8 heteroatoms. The maximum absolute atomic E-state index is 12.5. The van der Waals surface area contributed by atoms with Gasteiger partial charge in [0.2, 0.25) is 0 Å². The molecule has 0 bridgehead atoms. The summed E-state index contributed by atoms with van der Waals surface area (Å²) >= 11 is 1.32. The number of carbonyl (C=O) groups excluding carboxylic acids is 3. The van der Waals surface area contributed by atoms with E-state index in [0.29, 0.717) is 24.3 Å². The first-order valence-corrected chi connectivity index (χ1v) is 9.40. The van der Waals surface area contributed by atoms with Gasteiger partial charge in [-0.05, 0) is 37.1 Å². The molecule has 2 heterocycles. The molecule has 1 aliphatic rings. The van der Waals surface area contributed by atoms with Gasteiger partial charge in [-0.1, -0.05) is 19.9 Å². The third-order valence-corrected chi connectivity index (χ3v) is 5.51. The van der Waals surface area contributed by atoms with Crippen LogP contribution in [0.25, 0.3) is 0 Å². The lowest BCUT2D eigenvalue weighted by molar-refractivity contribution is -0.152. The first-order chi connectivity index (χ1) is 12.3. The third kappa shape index (κ3) is 4.41. The molecule has 0 spiro atoms. The Morgan fingerprint density at radius 3 is 2.81 bits per heavy atom. The lowest BCUT2D eigenvalue weighted by Gasteiger charge is -2.27. The average molecular weight is 377 g/mol. The number of ether oxygens (including phenoxy) is 1. The Hall–Kier alpha value is -2.40. The summed E-state index contributed by atoms with van der Waals surface area (Å²) in [6.07, 6.45) is 1.22. The maximum Gasteiger partial charge on any atom is 0.329 e. The van der Waals surface area contributed by atoms with Crippen LogP contribution in [-0.2, 0) is 14.3 Å². The Morgan fingerprint density at radius 2 is 2.23 bits per heavy atom. The van der Waals surface area contributed by atoms with E-state index in [1.807, 2.05) is 19.2 Å². The van der Waals surface area contributed by atoms with Crippen molar-refractivity contribution in [1.29, 1.82) is 5.26 Å². The molecule has 1 N–H and O–H groups in total. The van der Waals surface area contributed by atoms with Crippen LogP contribution in [-0.4, -0.2) is 47.4 Å². The van der Waals surface area contributed by atoms with E-state index in [9.17, 15) is 19.6 Å². The zero-order valence-electron chi connectivity index (χ0n) is 15.2. The van der Waals surface area contributed by atoms with Gasteiger partial charge in [-0.15, -0.1) is 11.3 Å². The van der Waals surface area contributed by atoms with Crippen LogP contribution < -0.4 is 5.32 Å². The van der Waals surface area contributed by atoms with Gasteiger partial charge in [-0.3, -0.25) is 9.59 Å². The second-order valence-electron chi connectivity index (χ2n) is 6.76. The molecule has 0 unspecified atom stereocenters. The highest BCUT2D eigenvalue weighted by Crippen LogP contribution is 2.23. The zero-order valence-corrected chi connectivity index (χ0v) is 16.0. The van der Waals surface area contributed by atoms with Crippen LogP contribution in [0.1, 0.15) is 43.3 Å². The van der Waals surface area contributed by atoms with Crippen molar-refractivity contribution in [1.82, 2.24) is 10.2 Å². The summed E-state index contributed by atoms with van der Waals surface area (Å²) in [5, 5.41) is 13.6. The molecule has 1 saturated heterocycles. The molecule has 1 aliphatic heterocycles. The minimum absolute atomic E-state index is 0.0964. The summed E-state index contributed by atoms with van der Waals surface area (Å²) < 4.78 is 5.10. The number of hydrogen-bond donors (Lipinski definition) is 1. The monoisotopic (exact) mass is 377 g/mol. The second kappa shape index (κ2) is 8.32. The minimum Gasteiger partial charge on any atom is -0.454 e. The molecule has 0 saturated carbocycles. The molecule has 2 rings (SSSR count). The van der Waals surface area contributed by atoms with Crippen LogP contribution in [0.4, 0.5) is 0 Å². The van der Waals surface area contributed by atoms with Crippen molar-refractivity contribution in [3.63, 3.8) is 0 Å². The third-order valence-electron chi connectivity index (χ3n) is 4.65. The largest absolute Gasteiger partial charge is 0.454 e. The average Bonchev–Trinajstić information content (AvgIpc) is 3.30. The summed E-state index contributed by atoms with van der Waals surface area (Å²) in [6.45, 7) is 5.28. The van der Waals surface area contributed by atoms with Crippen molar-refractivity contribution in [2.24, 2.45) is 5.92 Å². The molecule has 1 fully saturated rings. The molecule has 2 amide bonds. The van der Waals surface area contributed by atoms with E-state index < -0.39 is 30.1 Å². The Kier molecular flexibility index (Phi) is 6.37. The van der Waals surface area contributed by atoms with Gasteiger partial charge in [0, 0.05) is 6.54 Å². The summed E-state index contributed by atoms with van der Waals surface area (Å²) in [4.78, 5) is 38.9. The number of amides is 2. The van der Waals surface area contributed by atoms with Crippen LogP contribution in [0.5, 0.6) is 0 Å². The van der Waals surface area contributed by atoms with E-state index in [1.165, 1.54) is 16.2 Å². The molecular formula is C18H23N3O4S. The van der Waals surface area contributed by atoms with Crippen molar-refractivity contribution in [3.8, 4) is 6.07 Å². The van der Waals surface area contributed by atoms with Crippen LogP contribution >= 0.6 is 11.3 Å². The zero-order chi connectivity index (χ0) is 19.3. The van der Waals surface area contributed by atoms with Gasteiger partial charge in [0.05, 0.1) is 10.9 Å². The van der Waals surface area contributed by atoms with Gasteiger partial charge in [0.25, 0.3) is 11.8 Å². The van der Waals surface area contributed by atoms with Crippen molar-refractivity contribution < 1.29 is 19.1 Å². The standard InChI is InChI=1S/C18H23N3O4S/c1-12(2)18(3,11-19)20-15(22)10-25-17(24)13-6-4-8-21(13)16(23)14-7-5-9-26-14/h5,7,9,12-13H,4,6,8,10H2,1-3H3,(H,20,22)/t13-,18+/m0/s1. The van der Waals surface area contributed by atoms with Gasteiger partial charge in [0.1, 0.15) is 11.6 Å². The molecule has 7 nitrogen and oxygen atoms in total. The Balaban J connectivity index is 1.92. The van der Waals surface area contributed by atoms with E-state index in [2.05, 4.69) is 11.4 Å². The van der Waals surface area contributed by atoms with E-state index in [-0.39, 0.29) is 11.8 Å². The number of nitrogens with one attached hydrogen (secondary N) is 1. The lowest BCUT2D eigenvalue weighted by Crippen LogP contribution is -2.50. The predicted octanol–water partition coefficient (Wildman–Crippen LogP) is 1.95. The Morgan fingerprint density at radius 1 is 1.50 bits per heavy atom. The van der Waals surface area contributed by atoms with Gasteiger partial charge in [-0.2, -0.15) is 5.26 Å². The quantitative estimate of drug-likeness (QED) is 0.764. The van der Waals surface area contributed by atoms with E-state index in [0.717, 1.165) is 0 Å². The molecular weight excluding hydrogens is 354 g/mol. The fourth-order valence-corrected chi connectivity index (χ4v) is 3.34. The summed E-state index contributed by atoms with van der Waals surface area (Å²) in [5.41, 5.74) is -1.03. The number of thiophene rings is 1. The van der Waals surface area contributed by atoms with Crippen molar-refractivity contribution in [2.75, 3.05) is 13.2 Å². The fourth-order valence-electron chi connectivity index (χ4n) is 2.66. The minimum atomic E-state index is -1.03. The summed E-state index contributed by atoms with van der Waals surface area (Å²) in [7, 11) is 0. The number of hydrogen-bond acceptors (Lipinski definition) is 6. The predicted molar refractivity (Wildman–Crippen MR) is 96.3 cm³/mol. The Bertz CT molecular complexity index is 711. The lowest BCUT2D eigenvalue weighted by atomic mass is 9.90. The molecule has 1 aromatic heterocycles. The first kappa shape index (κ1) is 19.9. The first-order valence-electron chi connectivity index (χ1n) is 8.52. The highest BCUT2D eigenvalue weighted by Gasteiger charge is 2.36. The highest BCUT2D eigenvalue weighted by atomic mass is 32.1. The summed E-state index contributed by atoms with van der Waals surface area (Å²) in [6, 6.07) is 4.89. The topological polar surface area (TPSA) is 99.5 Å². The van der Waals surface area contributed by atoms with E-state index >= 15 is 0 Å². The van der Waals surface area contributed by atoms with Crippen molar-refractivity contribution >= 4 is 29.1 Å². The molecule has 140 valence electrons.